The Balaban J connectivity index is 1.79. The molecule has 0 N–H and O–H groups in total. The summed E-state index contributed by atoms with van der Waals surface area (Å²) in [6.45, 7) is 26.4. The number of benzene rings is 2. The molecule has 0 bridgehead atoms. The van der Waals surface area contributed by atoms with E-state index in [0.717, 1.165) is 33.8 Å². The van der Waals surface area contributed by atoms with Gasteiger partial charge < -0.3 is 9.47 Å². The molecule has 0 saturated carbocycles. The summed E-state index contributed by atoms with van der Waals surface area (Å²) in [6, 6.07) is 21.1. The lowest BCUT2D eigenvalue weighted by molar-refractivity contribution is 0.436. The van der Waals surface area contributed by atoms with Gasteiger partial charge in [0.15, 0.2) is 0 Å². The molecule has 4 heteroatoms. The predicted molar refractivity (Wildman–Crippen MR) is 175 cm³/mol. The molecule has 0 fully saturated rings. The van der Waals surface area contributed by atoms with Gasteiger partial charge in [-0.2, -0.15) is 0 Å². The first kappa shape index (κ1) is 31.3. The number of nitrogens with zero attached hydrogens (tertiary/aromatic N) is 2. The summed E-state index contributed by atoms with van der Waals surface area (Å²) in [5.41, 5.74) is 6.51. The molecule has 0 aliphatic rings. The molecule has 2 aromatic carbocycles. The maximum absolute atomic E-state index is 6.53. The van der Waals surface area contributed by atoms with Crippen molar-refractivity contribution >= 4 is 0 Å². The van der Waals surface area contributed by atoms with Crippen molar-refractivity contribution in [2.75, 3.05) is 0 Å². The molecule has 222 valence electrons. The Morgan fingerprint density at radius 1 is 0.429 bits per heavy atom. The zero-order valence-electron chi connectivity index (χ0n) is 27.6. The molecule has 0 aliphatic heterocycles. The summed E-state index contributed by atoms with van der Waals surface area (Å²) in [6.07, 6.45) is 3.65. The van der Waals surface area contributed by atoms with Gasteiger partial charge in [-0.1, -0.05) is 107 Å². The largest absolute Gasteiger partial charge is 0.439 e. The van der Waals surface area contributed by atoms with Crippen LogP contribution < -0.4 is 9.47 Å². The van der Waals surface area contributed by atoms with E-state index >= 15 is 0 Å². The van der Waals surface area contributed by atoms with Crippen LogP contribution in [0.2, 0.25) is 0 Å². The Kier molecular flexibility index (Phi) is 8.34. The van der Waals surface area contributed by atoms with Crippen LogP contribution in [0.5, 0.6) is 23.3 Å². The minimum Gasteiger partial charge on any atom is -0.439 e. The fourth-order valence-corrected chi connectivity index (χ4v) is 4.90. The van der Waals surface area contributed by atoms with Crippen molar-refractivity contribution in [3.63, 3.8) is 0 Å². The number of hydrogen-bond acceptors (Lipinski definition) is 4. The number of pyridine rings is 2. The van der Waals surface area contributed by atoms with Gasteiger partial charge in [-0.3, -0.25) is 0 Å². The summed E-state index contributed by atoms with van der Waals surface area (Å²) in [7, 11) is 0. The van der Waals surface area contributed by atoms with E-state index < -0.39 is 0 Å². The topological polar surface area (TPSA) is 44.2 Å². The maximum atomic E-state index is 6.53. The third-order valence-electron chi connectivity index (χ3n) is 7.54. The van der Waals surface area contributed by atoms with E-state index in [0.29, 0.717) is 11.8 Å². The molecule has 0 aliphatic carbocycles. The van der Waals surface area contributed by atoms with E-state index in [4.69, 9.17) is 9.47 Å². The van der Waals surface area contributed by atoms with E-state index in [1.807, 2.05) is 24.5 Å². The maximum Gasteiger partial charge on any atom is 0.219 e. The van der Waals surface area contributed by atoms with Gasteiger partial charge in [0.1, 0.15) is 11.5 Å². The van der Waals surface area contributed by atoms with Crippen molar-refractivity contribution < 1.29 is 9.47 Å². The second-order valence-electron chi connectivity index (χ2n) is 15.4. The summed E-state index contributed by atoms with van der Waals surface area (Å²) < 4.78 is 13.1. The van der Waals surface area contributed by atoms with E-state index in [1.165, 1.54) is 11.1 Å². The van der Waals surface area contributed by atoms with Crippen molar-refractivity contribution in [2.45, 2.75) is 105 Å². The lowest BCUT2D eigenvalue weighted by Gasteiger charge is -2.25. The lowest BCUT2D eigenvalue weighted by atomic mass is 9.84. The van der Waals surface area contributed by atoms with Crippen LogP contribution in [-0.4, -0.2) is 9.97 Å². The lowest BCUT2D eigenvalue weighted by Crippen LogP contribution is -2.14. The SMILES string of the molecule is CC(C)(C)c1ccnc(Oc2cc(-c3ccc(C(C)(C)C)c(Oc4cc(C(C)(C)C)ccn4)c3)ccc2C(C)(C)C)c1. The van der Waals surface area contributed by atoms with Crippen LogP contribution in [0.3, 0.4) is 0 Å². The van der Waals surface area contributed by atoms with Gasteiger partial charge >= 0.3 is 0 Å². The third-order valence-corrected chi connectivity index (χ3v) is 7.54. The molecular formula is C38H48N2O2. The Labute approximate surface area is 253 Å². The second-order valence-corrected chi connectivity index (χ2v) is 15.4. The van der Waals surface area contributed by atoms with Crippen LogP contribution in [0, 0.1) is 0 Å². The molecule has 0 unspecified atom stereocenters. The summed E-state index contributed by atoms with van der Waals surface area (Å²) >= 11 is 0. The monoisotopic (exact) mass is 564 g/mol. The van der Waals surface area contributed by atoms with Crippen LogP contribution in [-0.2, 0) is 21.7 Å². The first-order valence-electron chi connectivity index (χ1n) is 14.9. The zero-order valence-corrected chi connectivity index (χ0v) is 27.6. The summed E-state index contributed by atoms with van der Waals surface area (Å²) in [5.74, 6) is 2.81. The Hall–Kier alpha value is -3.66. The Morgan fingerprint density at radius 3 is 1.10 bits per heavy atom. The van der Waals surface area contributed by atoms with Crippen molar-refractivity contribution in [3.8, 4) is 34.4 Å². The molecule has 4 aromatic rings. The van der Waals surface area contributed by atoms with E-state index in [9.17, 15) is 0 Å². The van der Waals surface area contributed by atoms with E-state index in [1.54, 1.807) is 0 Å². The predicted octanol–water partition coefficient (Wildman–Crippen LogP) is 10.9. The van der Waals surface area contributed by atoms with Crippen LogP contribution in [0.15, 0.2) is 73.1 Å². The first-order chi connectivity index (χ1) is 19.3. The molecule has 2 aromatic heterocycles. The molecule has 4 nitrogen and oxygen atoms in total. The van der Waals surface area contributed by atoms with Gasteiger partial charge in [0.25, 0.3) is 0 Å². The second kappa shape index (κ2) is 11.2. The molecule has 0 radical (unpaired) electrons. The minimum absolute atomic E-state index is 0.00220. The van der Waals surface area contributed by atoms with Crippen LogP contribution in [0.25, 0.3) is 11.1 Å². The number of hydrogen-bond donors (Lipinski definition) is 0. The molecule has 2 heterocycles. The molecule has 42 heavy (non-hydrogen) atoms. The number of aromatic nitrogens is 2. The molecule has 0 spiro atoms. The van der Waals surface area contributed by atoms with Crippen LogP contribution in [0.1, 0.15) is 105 Å². The highest BCUT2D eigenvalue weighted by Gasteiger charge is 2.24. The van der Waals surface area contributed by atoms with E-state index in [-0.39, 0.29) is 21.7 Å². The van der Waals surface area contributed by atoms with Gasteiger partial charge in [0.2, 0.25) is 11.8 Å². The summed E-state index contributed by atoms with van der Waals surface area (Å²) in [4.78, 5) is 9.10. The van der Waals surface area contributed by atoms with Crippen molar-refractivity contribution in [2.24, 2.45) is 0 Å². The quantitative estimate of drug-likeness (QED) is 0.242. The van der Waals surface area contributed by atoms with Crippen molar-refractivity contribution in [1.29, 1.82) is 0 Å². The highest BCUT2D eigenvalue weighted by molar-refractivity contribution is 5.69. The highest BCUT2D eigenvalue weighted by Crippen LogP contribution is 2.41. The molecule has 0 atom stereocenters. The fourth-order valence-electron chi connectivity index (χ4n) is 4.90. The first-order valence-corrected chi connectivity index (χ1v) is 14.9. The van der Waals surface area contributed by atoms with Gasteiger partial charge in [0.05, 0.1) is 0 Å². The van der Waals surface area contributed by atoms with Crippen molar-refractivity contribution in [1.82, 2.24) is 9.97 Å². The van der Waals surface area contributed by atoms with Crippen LogP contribution >= 0.6 is 0 Å². The zero-order chi connectivity index (χ0) is 31.1. The van der Waals surface area contributed by atoms with Gasteiger partial charge in [-0.05, 0) is 68.2 Å². The summed E-state index contributed by atoms with van der Waals surface area (Å²) in [5, 5.41) is 0. The third kappa shape index (κ3) is 7.40. The smallest absolute Gasteiger partial charge is 0.219 e. The number of ether oxygens (including phenoxy) is 2. The average Bonchev–Trinajstić information content (AvgIpc) is 2.87. The average molecular weight is 565 g/mol. The molecular weight excluding hydrogens is 516 g/mol. The Morgan fingerprint density at radius 2 is 0.786 bits per heavy atom. The molecule has 0 saturated heterocycles. The molecule has 4 rings (SSSR count). The Bertz CT molecular complexity index is 1440. The minimum atomic E-state index is -0.108. The normalized spacial score (nSPS) is 12.8. The van der Waals surface area contributed by atoms with Gasteiger partial charge in [-0.25, -0.2) is 9.97 Å². The molecule has 0 amide bonds. The highest BCUT2D eigenvalue weighted by atomic mass is 16.5. The van der Waals surface area contributed by atoms with Crippen molar-refractivity contribution in [3.05, 3.63) is 95.3 Å². The van der Waals surface area contributed by atoms with Crippen LogP contribution in [0.4, 0.5) is 0 Å². The van der Waals surface area contributed by atoms with Gasteiger partial charge in [0, 0.05) is 35.7 Å². The number of rotatable bonds is 5. The standard InChI is InChI=1S/C38H48N2O2/c1-35(2,3)27-17-19-39-33(23-27)41-31-21-25(13-15-29(31)37(7,8)9)26-14-16-30(38(10,11)12)32(22-26)42-34-24-28(18-20-40-34)36(4,5)6/h13-24H,1-12H3. The fraction of sp³-hybridized carbons (Fsp3) is 0.421. The van der Waals surface area contributed by atoms with Gasteiger partial charge in [-0.15, -0.1) is 0 Å². The van der Waals surface area contributed by atoms with E-state index in [2.05, 4.69) is 142 Å².